The first-order chi connectivity index (χ1) is 13.8. The van der Waals surface area contributed by atoms with Crippen molar-refractivity contribution in [2.24, 2.45) is 0 Å². The van der Waals surface area contributed by atoms with Gasteiger partial charge in [-0.25, -0.2) is 0 Å². The van der Waals surface area contributed by atoms with Gasteiger partial charge in [-0.15, -0.1) is 0 Å². The highest BCUT2D eigenvalue weighted by molar-refractivity contribution is 5.98. The zero-order chi connectivity index (χ0) is 20.9. The molecule has 0 unspecified atom stereocenters. The molecule has 154 valence electrons. The van der Waals surface area contributed by atoms with Crippen LogP contribution in [-0.4, -0.2) is 41.9 Å². The number of nitrogens with zero attached hydrogens (tertiary/aromatic N) is 1. The summed E-state index contributed by atoms with van der Waals surface area (Å²) < 4.78 is 0. The minimum atomic E-state index is -0.288. The summed E-state index contributed by atoms with van der Waals surface area (Å²) in [5, 5.41) is 5.90. The van der Waals surface area contributed by atoms with E-state index in [1.807, 2.05) is 20.8 Å². The van der Waals surface area contributed by atoms with Crippen molar-refractivity contribution in [1.29, 1.82) is 0 Å². The second-order valence-corrected chi connectivity index (χ2v) is 8.69. The first-order valence-corrected chi connectivity index (χ1v) is 10.3. The normalized spacial score (nSPS) is 14.2. The first-order valence-electron chi connectivity index (χ1n) is 10.3. The lowest BCUT2D eigenvalue weighted by Crippen LogP contribution is -2.40. The molecule has 0 saturated carbocycles. The van der Waals surface area contributed by atoms with Gasteiger partial charge in [-0.05, 0) is 69.0 Å². The Morgan fingerprint density at radius 3 is 2.21 bits per heavy atom. The average molecular weight is 394 g/mol. The Morgan fingerprint density at radius 2 is 1.55 bits per heavy atom. The lowest BCUT2D eigenvalue weighted by Gasteiger charge is -2.28. The SMILES string of the molecule is CC(C)(C)NC(=O)c1ccc(C(=O)NCCCN2CCc3ccccc3C2)cc1. The van der Waals surface area contributed by atoms with Crippen molar-refractivity contribution in [2.75, 3.05) is 19.6 Å². The molecule has 29 heavy (non-hydrogen) atoms. The molecule has 0 atom stereocenters. The van der Waals surface area contributed by atoms with Gasteiger partial charge in [0, 0.05) is 42.8 Å². The van der Waals surface area contributed by atoms with Crippen molar-refractivity contribution >= 4 is 11.8 Å². The summed E-state index contributed by atoms with van der Waals surface area (Å²) in [5.41, 5.74) is 3.71. The summed E-state index contributed by atoms with van der Waals surface area (Å²) in [6.07, 6.45) is 2.01. The molecule has 0 saturated heterocycles. The molecular formula is C24H31N3O2. The maximum Gasteiger partial charge on any atom is 0.251 e. The third-order valence-electron chi connectivity index (χ3n) is 5.04. The summed E-state index contributed by atoms with van der Waals surface area (Å²) in [6.45, 7) is 9.50. The van der Waals surface area contributed by atoms with E-state index in [1.165, 1.54) is 11.1 Å². The summed E-state index contributed by atoms with van der Waals surface area (Å²) in [7, 11) is 0. The van der Waals surface area contributed by atoms with E-state index >= 15 is 0 Å². The highest BCUT2D eigenvalue weighted by Gasteiger charge is 2.16. The zero-order valence-electron chi connectivity index (χ0n) is 17.6. The smallest absolute Gasteiger partial charge is 0.251 e. The maximum absolute atomic E-state index is 12.3. The molecule has 0 spiro atoms. The molecule has 2 N–H and O–H groups in total. The van der Waals surface area contributed by atoms with Crippen LogP contribution in [0.25, 0.3) is 0 Å². The molecule has 0 aliphatic carbocycles. The van der Waals surface area contributed by atoms with E-state index in [9.17, 15) is 9.59 Å². The molecule has 0 fully saturated rings. The van der Waals surface area contributed by atoms with E-state index in [-0.39, 0.29) is 17.4 Å². The Hall–Kier alpha value is -2.66. The predicted octanol–water partition coefficient (Wildman–Crippen LogP) is 3.39. The van der Waals surface area contributed by atoms with E-state index in [1.54, 1.807) is 24.3 Å². The van der Waals surface area contributed by atoms with E-state index in [0.717, 1.165) is 32.5 Å². The molecule has 5 heteroatoms. The van der Waals surface area contributed by atoms with E-state index < -0.39 is 0 Å². The van der Waals surface area contributed by atoms with Crippen molar-refractivity contribution < 1.29 is 9.59 Å². The number of fused-ring (bicyclic) bond motifs is 1. The van der Waals surface area contributed by atoms with Crippen LogP contribution < -0.4 is 10.6 Å². The lowest BCUT2D eigenvalue weighted by atomic mass is 10.00. The van der Waals surface area contributed by atoms with Crippen LogP contribution in [0.1, 0.15) is 59.0 Å². The van der Waals surface area contributed by atoms with Crippen LogP contribution in [0.15, 0.2) is 48.5 Å². The standard InChI is InChI=1S/C24H31N3O2/c1-24(2,3)26-23(29)20-11-9-19(10-12-20)22(28)25-14-6-15-27-16-13-18-7-4-5-8-21(18)17-27/h4-5,7-12H,6,13-17H2,1-3H3,(H,25,28)(H,26,29). The van der Waals surface area contributed by atoms with Crippen molar-refractivity contribution in [3.05, 3.63) is 70.8 Å². The number of rotatable bonds is 6. The summed E-state index contributed by atoms with van der Waals surface area (Å²) >= 11 is 0. The molecule has 5 nitrogen and oxygen atoms in total. The second-order valence-electron chi connectivity index (χ2n) is 8.69. The van der Waals surface area contributed by atoms with Crippen molar-refractivity contribution in [2.45, 2.75) is 45.7 Å². The van der Waals surface area contributed by atoms with Gasteiger partial charge in [-0.3, -0.25) is 14.5 Å². The zero-order valence-corrected chi connectivity index (χ0v) is 17.6. The van der Waals surface area contributed by atoms with Gasteiger partial charge in [-0.2, -0.15) is 0 Å². The highest BCUT2D eigenvalue weighted by atomic mass is 16.2. The van der Waals surface area contributed by atoms with Crippen molar-refractivity contribution in [3.63, 3.8) is 0 Å². The summed E-state index contributed by atoms with van der Waals surface area (Å²) in [6, 6.07) is 15.4. The van der Waals surface area contributed by atoms with Crippen LogP contribution in [0, 0.1) is 0 Å². The van der Waals surface area contributed by atoms with Crippen LogP contribution >= 0.6 is 0 Å². The molecule has 1 aliphatic heterocycles. The van der Waals surface area contributed by atoms with Gasteiger partial charge < -0.3 is 10.6 Å². The number of carbonyl (C=O) groups excluding carboxylic acids is 2. The molecule has 0 aromatic heterocycles. The van der Waals surface area contributed by atoms with Crippen LogP contribution in [-0.2, 0) is 13.0 Å². The molecule has 1 aliphatic rings. The molecule has 2 amide bonds. The topological polar surface area (TPSA) is 61.4 Å². The fraction of sp³-hybridized carbons (Fsp3) is 0.417. The molecule has 0 bridgehead atoms. The number of hydrogen-bond acceptors (Lipinski definition) is 3. The Labute approximate surface area is 173 Å². The fourth-order valence-electron chi connectivity index (χ4n) is 3.54. The van der Waals surface area contributed by atoms with E-state index in [4.69, 9.17) is 0 Å². The molecule has 2 aromatic rings. The average Bonchev–Trinajstić information content (AvgIpc) is 2.70. The first kappa shape index (κ1) is 21.1. The van der Waals surface area contributed by atoms with E-state index in [0.29, 0.717) is 17.7 Å². The Balaban J connectivity index is 1.41. The number of carbonyl (C=O) groups is 2. The summed E-state index contributed by atoms with van der Waals surface area (Å²) in [5.74, 6) is -0.232. The number of nitrogens with one attached hydrogen (secondary N) is 2. The molecule has 3 rings (SSSR count). The van der Waals surface area contributed by atoms with E-state index in [2.05, 4.69) is 39.8 Å². The molecule has 1 heterocycles. The monoisotopic (exact) mass is 393 g/mol. The van der Waals surface area contributed by atoms with Gasteiger partial charge in [0.05, 0.1) is 0 Å². The molecule has 0 radical (unpaired) electrons. The fourth-order valence-corrected chi connectivity index (χ4v) is 3.54. The Kier molecular flexibility index (Phi) is 6.70. The number of hydrogen-bond donors (Lipinski definition) is 2. The Morgan fingerprint density at radius 1 is 0.931 bits per heavy atom. The highest BCUT2D eigenvalue weighted by Crippen LogP contribution is 2.18. The largest absolute Gasteiger partial charge is 0.352 e. The van der Waals surface area contributed by atoms with Crippen LogP contribution in [0.5, 0.6) is 0 Å². The molecule has 2 aromatic carbocycles. The van der Waals surface area contributed by atoms with Gasteiger partial charge in [0.15, 0.2) is 0 Å². The molecular weight excluding hydrogens is 362 g/mol. The van der Waals surface area contributed by atoms with Gasteiger partial charge in [0.25, 0.3) is 11.8 Å². The van der Waals surface area contributed by atoms with Crippen LogP contribution in [0.3, 0.4) is 0 Å². The van der Waals surface area contributed by atoms with Gasteiger partial charge >= 0.3 is 0 Å². The van der Waals surface area contributed by atoms with Crippen molar-refractivity contribution in [3.8, 4) is 0 Å². The van der Waals surface area contributed by atoms with Crippen LogP contribution in [0.2, 0.25) is 0 Å². The van der Waals surface area contributed by atoms with Gasteiger partial charge in [-0.1, -0.05) is 24.3 Å². The second kappa shape index (κ2) is 9.23. The third-order valence-corrected chi connectivity index (χ3v) is 5.04. The lowest BCUT2D eigenvalue weighted by molar-refractivity contribution is 0.0915. The van der Waals surface area contributed by atoms with Gasteiger partial charge in [0.2, 0.25) is 0 Å². The maximum atomic E-state index is 12.3. The van der Waals surface area contributed by atoms with Crippen molar-refractivity contribution in [1.82, 2.24) is 15.5 Å². The third kappa shape index (κ3) is 6.16. The summed E-state index contributed by atoms with van der Waals surface area (Å²) in [4.78, 5) is 26.9. The van der Waals surface area contributed by atoms with Crippen LogP contribution in [0.4, 0.5) is 0 Å². The quantitative estimate of drug-likeness (QED) is 0.740. The van der Waals surface area contributed by atoms with Gasteiger partial charge in [0.1, 0.15) is 0 Å². The minimum absolute atomic E-state index is 0.100. The Bertz CT molecular complexity index is 853. The number of benzene rings is 2. The predicted molar refractivity (Wildman–Crippen MR) is 116 cm³/mol. The number of amides is 2. The minimum Gasteiger partial charge on any atom is -0.352 e.